The molecule has 0 spiro atoms. The van der Waals surface area contributed by atoms with Crippen LogP contribution in [0.4, 0.5) is 0 Å². The quantitative estimate of drug-likeness (QED) is 0.304. The molecule has 2 N–H and O–H groups in total. The van der Waals surface area contributed by atoms with Gasteiger partial charge in [0.1, 0.15) is 0 Å². The van der Waals surface area contributed by atoms with Gasteiger partial charge in [-0.05, 0) is 47.5 Å². The third-order valence-corrected chi connectivity index (χ3v) is 6.54. The number of fused-ring (bicyclic) bond motifs is 6. The highest BCUT2D eigenvalue weighted by Gasteiger charge is 2.14. The number of aliphatic hydroxyl groups excluding tert-OH is 1. The molecule has 152 valence electrons. The molecule has 4 aromatic carbocycles. The monoisotopic (exact) mass is 424 g/mol. The first-order chi connectivity index (χ1) is 15.2. The van der Waals surface area contributed by atoms with E-state index in [0.717, 1.165) is 22.1 Å². The lowest BCUT2D eigenvalue weighted by Crippen LogP contribution is -2.17. The summed E-state index contributed by atoms with van der Waals surface area (Å²) in [6, 6.07) is 30.0. The van der Waals surface area contributed by atoms with Crippen LogP contribution in [-0.2, 0) is 6.54 Å². The summed E-state index contributed by atoms with van der Waals surface area (Å²) in [5, 5.41) is 15.0. The zero-order valence-electron chi connectivity index (χ0n) is 16.8. The number of hydrogen-bond acceptors (Lipinski definition) is 1. The molecule has 0 radical (unpaired) electrons. The zero-order valence-corrected chi connectivity index (χ0v) is 17.6. The number of H-pyrrole nitrogens is 1. The molecular weight excluding hydrogens is 404 g/mol. The molecule has 4 heteroatoms. The molecule has 2 heterocycles. The number of halogens is 1. The van der Waals surface area contributed by atoms with Gasteiger partial charge in [0, 0.05) is 43.6 Å². The van der Waals surface area contributed by atoms with Gasteiger partial charge < -0.3 is 14.7 Å². The Morgan fingerprint density at radius 2 is 1.35 bits per heavy atom. The maximum Gasteiger partial charge on any atom is 0.0854 e. The second-order valence-electron chi connectivity index (χ2n) is 8.10. The maximum absolute atomic E-state index is 10.2. The predicted molar refractivity (Wildman–Crippen MR) is 131 cm³/mol. The first kappa shape index (κ1) is 18.5. The number of aromatic amines is 1. The smallest absolute Gasteiger partial charge is 0.0854 e. The van der Waals surface area contributed by atoms with Gasteiger partial charge >= 0.3 is 0 Å². The summed E-state index contributed by atoms with van der Waals surface area (Å²) in [6.45, 7) is 0.480. The SMILES string of the molecule is OC(CCl)Cn1c2ccccc2c2cc(-c3ccc4[nH]c5ccccc5c4c3)ccc21. The Balaban J connectivity index is 1.56. The Morgan fingerprint density at radius 1 is 0.710 bits per heavy atom. The van der Waals surface area contributed by atoms with Gasteiger partial charge in [0.2, 0.25) is 0 Å². The number of benzene rings is 4. The van der Waals surface area contributed by atoms with E-state index in [9.17, 15) is 5.11 Å². The van der Waals surface area contributed by atoms with Crippen molar-refractivity contribution >= 4 is 55.2 Å². The molecule has 0 fully saturated rings. The number of aliphatic hydroxyl groups is 1. The Hall–Kier alpha value is -3.27. The van der Waals surface area contributed by atoms with E-state index in [1.54, 1.807) is 0 Å². The lowest BCUT2D eigenvalue weighted by Gasteiger charge is -2.11. The van der Waals surface area contributed by atoms with E-state index in [4.69, 9.17) is 11.6 Å². The van der Waals surface area contributed by atoms with Crippen LogP contribution in [0.15, 0.2) is 84.9 Å². The molecule has 0 saturated carbocycles. The molecule has 6 rings (SSSR count). The number of rotatable bonds is 4. The number of hydrogen-bond donors (Lipinski definition) is 2. The van der Waals surface area contributed by atoms with Crippen molar-refractivity contribution in [1.82, 2.24) is 9.55 Å². The van der Waals surface area contributed by atoms with E-state index in [0.29, 0.717) is 6.54 Å². The standard InChI is InChI=1S/C27H21ClN2O/c28-15-19(31)16-30-26-8-4-2-6-21(26)23-14-18(10-12-27(23)30)17-9-11-25-22(13-17)20-5-1-3-7-24(20)29-25/h1-14,19,29,31H,15-16H2. The summed E-state index contributed by atoms with van der Waals surface area (Å²) in [6.07, 6.45) is -0.579. The second-order valence-corrected chi connectivity index (χ2v) is 8.41. The summed E-state index contributed by atoms with van der Waals surface area (Å²) in [4.78, 5) is 3.50. The lowest BCUT2D eigenvalue weighted by molar-refractivity contribution is 0.180. The van der Waals surface area contributed by atoms with Crippen LogP contribution in [0, 0.1) is 0 Å². The first-order valence-corrected chi connectivity index (χ1v) is 11.0. The van der Waals surface area contributed by atoms with E-state index < -0.39 is 6.10 Å². The third-order valence-electron chi connectivity index (χ3n) is 6.18. The Labute approximate surface area is 184 Å². The van der Waals surface area contributed by atoms with Crippen molar-refractivity contribution in [3.05, 3.63) is 84.9 Å². The van der Waals surface area contributed by atoms with Crippen molar-refractivity contribution in [2.45, 2.75) is 12.6 Å². The molecule has 0 bridgehead atoms. The fourth-order valence-electron chi connectivity index (χ4n) is 4.72. The number of nitrogens with one attached hydrogen (secondary N) is 1. The van der Waals surface area contributed by atoms with Crippen molar-refractivity contribution in [3.8, 4) is 11.1 Å². The topological polar surface area (TPSA) is 41.0 Å². The van der Waals surface area contributed by atoms with Gasteiger partial charge in [0.05, 0.1) is 18.5 Å². The Morgan fingerprint density at radius 3 is 2.19 bits per heavy atom. The van der Waals surface area contributed by atoms with Gasteiger partial charge in [-0.25, -0.2) is 0 Å². The molecule has 0 aliphatic carbocycles. The number of aromatic nitrogens is 2. The molecule has 0 amide bonds. The second kappa shape index (κ2) is 7.16. The molecule has 1 unspecified atom stereocenters. The summed E-state index contributed by atoms with van der Waals surface area (Å²) in [5.41, 5.74) is 6.91. The fourth-order valence-corrected chi connectivity index (χ4v) is 4.81. The molecular formula is C27H21ClN2O. The van der Waals surface area contributed by atoms with Crippen molar-refractivity contribution in [1.29, 1.82) is 0 Å². The summed E-state index contributed by atoms with van der Waals surface area (Å²) in [7, 11) is 0. The minimum absolute atomic E-state index is 0.219. The van der Waals surface area contributed by atoms with Gasteiger partial charge in [0.15, 0.2) is 0 Å². The number of nitrogens with zero attached hydrogens (tertiary/aromatic N) is 1. The van der Waals surface area contributed by atoms with E-state index in [2.05, 4.69) is 88.4 Å². The average Bonchev–Trinajstić information content (AvgIpc) is 3.34. The molecule has 1 atom stereocenters. The van der Waals surface area contributed by atoms with Crippen molar-refractivity contribution in [2.75, 3.05) is 5.88 Å². The van der Waals surface area contributed by atoms with Crippen LogP contribution in [0.1, 0.15) is 0 Å². The van der Waals surface area contributed by atoms with Gasteiger partial charge in [0.25, 0.3) is 0 Å². The summed E-state index contributed by atoms with van der Waals surface area (Å²) < 4.78 is 2.17. The lowest BCUT2D eigenvalue weighted by atomic mass is 10.0. The van der Waals surface area contributed by atoms with Crippen molar-refractivity contribution in [2.24, 2.45) is 0 Å². The van der Waals surface area contributed by atoms with Crippen LogP contribution in [0.3, 0.4) is 0 Å². The summed E-state index contributed by atoms with van der Waals surface area (Å²) in [5.74, 6) is 0.219. The van der Waals surface area contributed by atoms with Crippen molar-refractivity contribution < 1.29 is 5.11 Å². The zero-order chi connectivity index (χ0) is 20.9. The molecule has 31 heavy (non-hydrogen) atoms. The third kappa shape index (κ3) is 2.93. The highest BCUT2D eigenvalue weighted by molar-refractivity contribution is 6.18. The molecule has 2 aromatic heterocycles. The Kier molecular flexibility index (Phi) is 4.27. The Bertz CT molecular complexity index is 1580. The minimum atomic E-state index is -0.579. The molecule has 6 aromatic rings. The van der Waals surface area contributed by atoms with Gasteiger partial charge in [-0.2, -0.15) is 0 Å². The van der Waals surface area contributed by atoms with E-state index in [-0.39, 0.29) is 5.88 Å². The fraction of sp³-hybridized carbons (Fsp3) is 0.111. The van der Waals surface area contributed by atoms with Gasteiger partial charge in [-0.1, -0.05) is 48.5 Å². The van der Waals surface area contributed by atoms with Crippen molar-refractivity contribution in [3.63, 3.8) is 0 Å². The highest BCUT2D eigenvalue weighted by Crippen LogP contribution is 2.35. The average molecular weight is 425 g/mol. The molecule has 3 nitrogen and oxygen atoms in total. The maximum atomic E-state index is 10.2. The number of para-hydroxylation sites is 2. The largest absolute Gasteiger partial charge is 0.390 e. The van der Waals surface area contributed by atoms with Crippen LogP contribution in [0.5, 0.6) is 0 Å². The van der Waals surface area contributed by atoms with Crippen LogP contribution < -0.4 is 0 Å². The summed E-state index contributed by atoms with van der Waals surface area (Å²) >= 11 is 5.89. The molecule has 0 aliphatic heterocycles. The minimum Gasteiger partial charge on any atom is -0.390 e. The van der Waals surface area contributed by atoms with E-state index in [1.807, 2.05) is 6.07 Å². The normalized spacial score (nSPS) is 13.0. The van der Waals surface area contributed by atoms with E-state index in [1.165, 1.54) is 32.7 Å². The van der Waals surface area contributed by atoms with Crippen LogP contribution in [0.2, 0.25) is 0 Å². The highest BCUT2D eigenvalue weighted by atomic mass is 35.5. The molecule has 0 saturated heterocycles. The predicted octanol–water partition coefficient (Wildman–Crippen LogP) is 6.70. The van der Waals surface area contributed by atoms with Crippen LogP contribution >= 0.6 is 11.6 Å². The molecule has 0 aliphatic rings. The van der Waals surface area contributed by atoms with Crippen LogP contribution in [0.25, 0.3) is 54.7 Å². The number of alkyl halides is 1. The van der Waals surface area contributed by atoms with Gasteiger partial charge in [-0.3, -0.25) is 0 Å². The van der Waals surface area contributed by atoms with Gasteiger partial charge in [-0.15, -0.1) is 11.6 Å². The first-order valence-electron chi connectivity index (χ1n) is 10.5. The van der Waals surface area contributed by atoms with E-state index >= 15 is 0 Å². The van der Waals surface area contributed by atoms with Crippen LogP contribution in [-0.4, -0.2) is 26.6 Å².